The van der Waals surface area contributed by atoms with Gasteiger partial charge in [0.05, 0.1) is 12.2 Å². The molecule has 3 rings (SSSR count). The van der Waals surface area contributed by atoms with Crippen LogP contribution < -0.4 is 0 Å². The number of hydrogen-bond donors (Lipinski definition) is 0. The Labute approximate surface area is 136 Å². The van der Waals surface area contributed by atoms with Crippen LogP contribution in [-0.4, -0.2) is 42.2 Å². The summed E-state index contributed by atoms with van der Waals surface area (Å²) in [5.41, 5.74) is 1.21. The van der Waals surface area contributed by atoms with Crippen LogP contribution in [0.4, 0.5) is 8.78 Å². The summed E-state index contributed by atoms with van der Waals surface area (Å²) in [7, 11) is 1.54. The molecule has 0 saturated carbocycles. The van der Waals surface area contributed by atoms with Gasteiger partial charge in [-0.3, -0.25) is 9.36 Å². The third-order valence-electron chi connectivity index (χ3n) is 3.48. The molecule has 0 aliphatic rings. The topological polar surface area (TPSA) is 68.8 Å². The van der Waals surface area contributed by atoms with E-state index >= 15 is 0 Å². The highest BCUT2D eigenvalue weighted by Gasteiger charge is 2.17. The maximum Gasteiger partial charge on any atom is 0.319 e. The van der Waals surface area contributed by atoms with Gasteiger partial charge in [-0.1, -0.05) is 0 Å². The second-order valence-corrected chi connectivity index (χ2v) is 5.08. The maximum atomic E-state index is 12.8. The van der Waals surface area contributed by atoms with E-state index in [0.29, 0.717) is 5.56 Å². The van der Waals surface area contributed by atoms with E-state index in [1.54, 1.807) is 35.3 Å². The molecule has 124 valence electrons. The Morgan fingerprint density at radius 2 is 2.04 bits per heavy atom. The molecule has 2 heterocycles. The van der Waals surface area contributed by atoms with Gasteiger partial charge in [-0.15, -0.1) is 0 Å². The Morgan fingerprint density at radius 3 is 2.67 bits per heavy atom. The molecular weight excluding hydrogens is 318 g/mol. The predicted molar refractivity (Wildman–Crippen MR) is 80.6 cm³/mol. The van der Waals surface area contributed by atoms with Crippen molar-refractivity contribution in [1.29, 1.82) is 0 Å². The molecule has 0 fully saturated rings. The van der Waals surface area contributed by atoms with Gasteiger partial charge >= 0.3 is 6.55 Å². The molecule has 7 nitrogen and oxygen atoms in total. The minimum absolute atomic E-state index is 0.0129. The molecule has 3 aromatic rings. The zero-order valence-electron chi connectivity index (χ0n) is 12.8. The van der Waals surface area contributed by atoms with Crippen molar-refractivity contribution in [3.8, 4) is 5.69 Å². The number of rotatable bonds is 5. The third-order valence-corrected chi connectivity index (χ3v) is 3.48. The summed E-state index contributed by atoms with van der Waals surface area (Å²) in [5, 5.41) is 4.00. The van der Waals surface area contributed by atoms with E-state index in [-0.39, 0.29) is 18.3 Å². The van der Waals surface area contributed by atoms with E-state index in [1.165, 1.54) is 30.7 Å². The summed E-state index contributed by atoms with van der Waals surface area (Å²) in [6, 6.07) is 6.76. The standard InChI is InChI=1S/C15H14F2N6O/c1-21(8-13-19-6-7-22(13)15(16)17)14(24)11-2-4-12(5-3-11)23-10-18-9-20-23/h2-7,9-10,15H,8H2,1H3. The van der Waals surface area contributed by atoms with E-state index in [4.69, 9.17) is 0 Å². The Bertz CT molecular complexity index is 813. The van der Waals surface area contributed by atoms with Crippen LogP contribution in [0.1, 0.15) is 22.7 Å². The average Bonchev–Trinajstić information content (AvgIpc) is 3.26. The van der Waals surface area contributed by atoms with Gasteiger partial charge in [0.1, 0.15) is 18.5 Å². The fourth-order valence-electron chi connectivity index (χ4n) is 2.25. The van der Waals surface area contributed by atoms with Crippen LogP contribution in [0.15, 0.2) is 49.3 Å². The summed E-state index contributed by atoms with van der Waals surface area (Å²) >= 11 is 0. The number of benzene rings is 1. The van der Waals surface area contributed by atoms with Gasteiger partial charge < -0.3 is 4.90 Å². The monoisotopic (exact) mass is 332 g/mol. The quantitative estimate of drug-likeness (QED) is 0.718. The van der Waals surface area contributed by atoms with Crippen molar-refractivity contribution in [3.63, 3.8) is 0 Å². The second-order valence-electron chi connectivity index (χ2n) is 5.08. The van der Waals surface area contributed by atoms with E-state index in [0.717, 1.165) is 10.3 Å². The molecule has 0 aliphatic heterocycles. The van der Waals surface area contributed by atoms with Crippen LogP contribution >= 0.6 is 0 Å². The first kappa shape index (κ1) is 15.8. The number of alkyl halides is 2. The van der Waals surface area contributed by atoms with Gasteiger partial charge in [0.25, 0.3) is 5.91 Å². The zero-order chi connectivity index (χ0) is 17.1. The first-order chi connectivity index (χ1) is 11.6. The van der Waals surface area contributed by atoms with E-state index < -0.39 is 6.55 Å². The number of nitrogens with zero attached hydrogens (tertiary/aromatic N) is 6. The van der Waals surface area contributed by atoms with Crippen molar-refractivity contribution in [3.05, 3.63) is 60.7 Å². The number of halogens is 2. The molecule has 0 unspecified atom stereocenters. The second kappa shape index (κ2) is 6.57. The van der Waals surface area contributed by atoms with Crippen LogP contribution in [0.25, 0.3) is 5.69 Å². The fourth-order valence-corrected chi connectivity index (χ4v) is 2.25. The molecule has 0 radical (unpaired) electrons. The minimum Gasteiger partial charge on any atom is -0.334 e. The average molecular weight is 332 g/mol. The van der Waals surface area contributed by atoms with Crippen molar-refractivity contribution >= 4 is 5.91 Å². The summed E-state index contributed by atoms with van der Waals surface area (Å²) in [6.07, 6.45) is 5.43. The normalized spacial score (nSPS) is 11.0. The number of amides is 1. The van der Waals surface area contributed by atoms with Crippen molar-refractivity contribution in [1.82, 2.24) is 29.2 Å². The molecule has 0 aliphatic carbocycles. The van der Waals surface area contributed by atoms with Gasteiger partial charge in [0.2, 0.25) is 0 Å². The minimum atomic E-state index is -2.69. The molecule has 24 heavy (non-hydrogen) atoms. The fraction of sp³-hybridized carbons (Fsp3) is 0.200. The summed E-state index contributed by atoms with van der Waals surface area (Å²) < 4.78 is 27.9. The summed E-state index contributed by atoms with van der Waals surface area (Å²) in [6.45, 7) is -2.70. The molecule has 1 aromatic carbocycles. The SMILES string of the molecule is CN(Cc1nccn1C(F)F)C(=O)c1ccc(-n2cncn2)cc1. The predicted octanol–water partition coefficient (Wildman–Crippen LogP) is 2.13. The zero-order valence-corrected chi connectivity index (χ0v) is 12.8. The van der Waals surface area contributed by atoms with Crippen LogP contribution in [0.2, 0.25) is 0 Å². The number of hydrogen-bond acceptors (Lipinski definition) is 4. The van der Waals surface area contributed by atoms with Crippen LogP contribution in [-0.2, 0) is 6.54 Å². The van der Waals surface area contributed by atoms with E-state index in [9.17, 15) is 13.6 Å². The Balaban J connectivity index is 1.72. The summed E-state index contributed by atoms with van der Waals surface area (Å²) in [5.74, 6) is -0.163. The van der Waals surface area contributed by atoms with Gasteiger partial charge in [0, 0.05) is 25.0 Å². The van der Waals surface area contributed by atoms with Crippen molar-refractivity contribution in [2.45, 2.75) is 13.1 Å². The molecule has 0 N–H and O–H groups in total. The van der Waals surface area contributed by atoms with Crippen molar-refractivity contribution < 1.29 is 13.6 Å². The lowest BCUT2D eigenvalue weighted by atomic mass is 10.2. The Kier molecular flexibility index (Phi) is 4.32. The van der Waals surface area contributed by atoms with E-state index in [1.807, 2.05) is 0 Å². The largest absolute Gasteiger partial charge is 0.334 e. The summed E-state index contributed by atoms with van der Waals surface area (Å²) in [4.78, 5) is 21.5. The smallest absolute Gasteiger partial charge is 0.319 e. The molecule has 0 atom stereocenters. The highest BCUT2D eigenvalue weighted by atomic mass is 19.3. The Morgan fingerprint density at radius 1 is 1.29 bits per heavy atom. The lowest BCUT2D eigenvalue weighted by molar-refractivity contribution is 0.0612. The first-order valence-electron chi connectivity index (χ1n) is 7.06. The lowest BCUT2D eigenvalue weighted by Gasteiger charge is -2.17. The van der Waals surface area contributed by atoms with Crippen LogP contribution in [0.3, 0.4) is 0 Å². The number of carbonyl (C=O) groups excluding carboxylic acids is 1. The lowest BCUT2D eigenvalue weighted by Crippen LogP contribution is -2.27. The van der Waals surface area contributed by atoms with Gasteiger partial charge in [-0.2, -0.15) is 13.9 Å². The molecule has 9 heteroatoms. The van der Waals surface area contributed by atoms with Gasteiger partial charge in [-0.05, 0) is 24.3 Å². The first-order valence-corrected chi connectivity index (χ1v) is 7.06. The molecular formula is C15H14F2N6O. The van der Waals surface area contributed by atoms with Gasteiger partial charge in [-0.25, -0.2) is 14.6 Å². The maximum absolute atomic E-state index is 12.8. The highest BCUT2D eigenvalue weighted by molar-refractivity contribution is 5.94. The molecule has 2 aromatic heterocycles. The van der Waals surface area contributed by atoms with Crippen LogP contribution in [0, 0.1) is 0 Å². The Hall–Kier alpha value is -3.10. The van der Waals surface area contributed by atoms with E-state index in [2.05, 4.69) is 15.1 Å². The van der Waals surface area contributed by atoms with Crippen LogP contribution in [0.5, 0.6) is 0 Å². The number of imidazole rings is 1. The molecule has 0 bridgehead atoms. The number of carbonyl (C=O) groups is 1. The molecule has 1 amide bonds. The van der Waals surface area contributed by atoms with Gasteiger partial charge in [0.15, 0.2) is 0 Å². The molecule has 0 saturated heterocycles. The third kappa shape index (κ3) is 3.14. The van der Waals surface area contributed by atoms with Crippen molar-refractivity contribution in [2.24, 2.45) is 0 Å². The molecule has 0 spiro atoms. The van der Waals surface area contributed by atoms with Crippen molar-refractivity contribution in [2.75, 3.05) is 7.05 Å². The highest BCUT2D eigenvalue weighted by Crippen LogP contribution is 2.15. The number of aromatic nitrogens is 5.